The molecule has 0 saturated carbocycles. The number of aliphatic hydroxyl groups excluding tert-OH is 1. The van der Waals surface area contributed by atoms with Gasteiger partial charge in [0.15, 0.2) is 0 Å². The second-order valence-electron chi connectivity index (χ2n) is 6.09. The van der Waals surface area contributed by atoms with Gasteiger partial charge in [0.2, 0.25) is 5.91 Å². The molecule has 0 aliphatic carbocycles. The van der Waals surface area contributed by atoms with Crippen LogP contribution in [0.15, 0.2) is 24.3 Å². The van der Waals surface area contributed by atoms with E-state index >= 15 is 0 Å². The van der Waals surface area contributed by atoms with E-state index in [4.69, 9.17) is 5.11 Å². The molecule has 2 rings (SSSR count). The van der Waals surface area contributed by atoms with Gasteiger partial charge in [-0.15, -0.1) is 0 Å². The number of carbonyl (C=O) groups is 1. The van der Waals surface area contributed by atoms with Crippen LogP contribution in [0.5, 0.6) is 0 Å². The Morgan fingerprint density at radius 2 is 1.83 bits per heavy atom. The Kier molecular flexibility index (Phi) is 7.36. The van der Waals surface area contributed by atoms with Crippen molar-refractivity contribution < 1.29 is 9.90 Å². The van der Waals surface area contributed by atoms with Crippen LogP contribution < -0.4 is 10.2 Å². The maximum atomic E-state index is 12.0. The summed E-state index contributed by atoms with van der Waals surface area (Å²) >= 11 is 0. The van der Waals surface area contributed by atoms with E-state index in [-0.39, 0.29) is 12.5 Å². The monoisotopic (exact) mass is 319 g/mol. The molecule has 1 fully saturated rings. The van der Waals surface area contributed by atoms with E-state index < -0.39 is 0 Å². The van der Waals surface area contributed by atoms with Gasteiger partial charge in [-0.25, -0.2) is 0 Å². The zero-order valence-electron chi connectivity index (χ0n) is 14.1. The normalized spacial score (nSPS) is 15.5. The molecule has 0 bridgehead atoms. The number of aliphatic hydroxyl groups is 1. The summed E-state index contributed by atoms with van der Waals surface area (Å²) in [7, 11) is 0. The summed E-state index contributed by atoms with van der Waals surface area (Å²) in [6.45, 7) is 5.89. The molecule has 5 heteroatoms. The number of benzene rings is 1. The minimum atomic E-state index is -0.0391. The second-order valence-corrected chi connectivity index (χ2v) is 6.09. The molecule has 0 aromatic heterocycles. The molecule has 0 radical (unpaired) electrons. The number of nitrogens with zero attached hydrogens (tertiary/aromatic N) is 2. The lowest BCUT2D eigenvalue weighted by Gasteiger charge is -2.23. The van der Waals surface area contributed by atoms with E-state index in [2.05, 4.69) is 22.3 Å². The fourth-order valence-electron chi connectivity index (χ4n) is 2.98. The van der Waals surface area contributed by atoms with E-state index in [0.717, 1.165) is 25.3 Å². The van der Waals surface area contributed by atoms with E-state index in [9.17, 15) is 4.79 Å². The first-order valence-corrected chi connectivity index (χ1v) is 8.71. The predicted molar refractivity (Wildman–Crippen MR) is 95.0 cm³/mol. The molecule has 1 saturated heterocycles. The summed E-state index contributed by atoms with van der Waals surface area (Å²) in [5, 5.41) is 11.9. The van der Waals surface area contributed by atoms with Crippen molar-refractivity contribution in [2.75, 3.05) is 49.5 Å². The largest absolute Gasteiger partial charge is 0.395 e. The number of likely N-dealkylation sites (N-methyl/N-ethyl adjacent to an activating group) is 1. The van der Waals surface area contributed by atoms with Gasteiger partial charge in [0.1, 0.15) is 0 Å². The van der Waals surface area contributed by atoms with Crippen molar-refractivity contribution in [1.29, 1.82) is 0 Å². The van der Waals surface area contributed by atoms with Crippen LogP contribution in [0.25, 0.3) is 0 Å². The molecular formula is C18H29N3O2. The van der Waals surface area contributed by atoms with Crippen LogP contribution >= 0.6 is 0 Å². The highest BCUT2D eigenvalue weighted by Gasteiger charge is 2.11. The molecule has 1 aliphatic rings. The van der Waals surface area contributed by atoms with Gasteiger partial charge in [-0.05, 0) is 43.7 Å². The van der Waals surface area contributed by atoms with Gasteiger partial charge in [-0.1, -0.05) is 19.8 Å². The number of hydrogen-bond donors (Lipinski definition) is 2. The first-order chi connectivity index (χ1) is 11.2. The highest BCUT2D eigenvalue weighted by molar-refractivity contribution is 5.92. The van der Waals surface area contributed by atoms with Crippen molar-refractivity contribution in [2.24, 2.45) is 0 Å². The SMILES string of the molecule is CCN(CCO)CC(=O)Nc1ccc(N2CCCCCC2)cc1. The Labute approximate surface area is 139 Å². The van der Waals surface area contributed by atoms with Gasteiger partial charge in [0.25, 0.3) is 0 Å². The molecule has 5 nitrogen and oxygen atoms in total. The third-order valence-electron chi connectivity index (χ3n) is 4.35. The van der Waals surface area contributed by atoms with Gasteiger partial charge >= 0.3 is 0 Å². The Balaban J connectivity index is 1.87. The smallest absolute Gasteiger partial charge is 0.238 e. The molecule has 1 aromatic rings. The van der Waals surface area contributed by atoms with Crippen LogP contribution in [0.3, 0.4) is 0 Å². The molecule has 0 atom stereocenters. The summed E-state index contributed by atoms with van der Waals surface area (Å²) in [5.41, 5.74) is 2.06. The van der Waals surface area contributed by atoms with Gasteiger partial charge in [0, 0.05) is 31.0 Å². The van der Waals surface area contributed by atoms with Crippen molar-refractivity contribution in [3.05, 3.63) is 24.3 Å². The predicted octanol–water partition coefficient (Wildman–Crippen LogP) is 2.32. The Bertz CT molecular complexity index is 468. The van der Waals surface area contributed by atoms with Gasteiger partial charge in [-0.2, -0.15) is 0 Å². The molecular weight excluding hydrogens is 290 g/mol. The topological polar surface area (TPSA) is 55.8 Å². The molecule has 0 spiro atoms. The molecule has 0 unspecified atom stereocenters. The third-order valence-corrected chi connectivity index (χ3v) is 4.35. The Morgan fingerprint density at radius 1 is 1.17 bits per heavy atom. The zero-order chi connectivity index (χ0) is 16.5. The summed E-state index contributed by atoms with van der Waals surface area (Å²) in [4.78, 5) is 16.4. The van der Waals surface area contributed by atoms with Gasteiger partial charge < -0.3 is 15.3 Å². The number of nitrogens with one attached hydrogen (secondary N) is 1. The van der Waals surface area contributed by atoms with E-state index in [1.807, 2.05) is 24.0 Å². The quantitative estimate of drug-likeness (QED) is 0.810. The first kappa shape index (κ1) is 17.8. The Morgan fingerprint density at radius 3 is 2.39 bits per heavy atom. The maximum Gasteiger partial charge on any atom is 0.238 e. The van der Waals surface area contributed by atoms with Crippen molar-refractivity contribution in [3.63, 3.8) is 0 Å². The Hall–Kier alpha value is -1.59. The summed E-state index contributed by atoms with van der Waals surface area (Å²) < 4.78 is 0. The standard InChI is InChI=1S/C18H29N3O2/c1-2-20(13-14-22)15-18(23)19-16-7-9-17(10-8-16)21-11-5-3-4-6-12-21/h7-10,22H,2-6,11-15H2,1H3,(H,19,23). The van der Waals surface area contributed by atoms with Crippen molar-refractivity contribution in [1.82, 2.24) is 4.90 Å². The van der Waals surface area contributed by atoms with Crippen LogP contribution in [0.4, 0.5) is 11.4 Å². The fraction of sp³-hybridized carbons (Fsp3) is 0.611. The first-order valence-electron chi connectivity index (χ1n) is 8.71. The summed E-state index contributed by atoms with van der Waals surface area (Å²) in [5.74, 6) is -0.0391. The second kappa shape index (κ2) is 9.53. The van der Waals surface area contributed by atoms with Crippen LogP contribution in [-0.4, -0.2) is 55.2 Å². The molecule has 1 heterocycles. The average Bonchev–Trinajstić information content (AvgIpc) is 2.84. The lowest BCUT2D eigenvalue weighted by Crippen LogP contribution is -2.35. The van der Waals surface area contributed by atoms with Gasteiger partial charge in [-0.3, -0.25) is 9.69 Å². The van der Waals surface area contributed by atoms with Crippen LogP contribution in [0.2, 0.25) is 0 Å². The number of hydrogen-bond acceptors (Lipinski definition) is 4. The number of carbonyl (C=O) groups excluding carboxylic acids is 1. The number of rotatable bonds is 7. The number of amides is 1. The zero-order valence-corrected chi connectivity index (χ0v) is 14.1. The molecule has 1 aromatic carbocycles. The van der Waals surface area contributed by atoms with Crippen LogP contribution in [-0.2, 0) is 4.79 Å². The molecule has 1 aliphatic heterocycles. The third kappa shape index (κ3) is 5.84. The van der Waals surface area contributed by atoms with E-state index in [0.29, 0.717) is 13.1 Å². The van der Waals surface area contributed by atoms with Crippen molar-refractivity contribution >= 4 is 17.3 Å². The minimum absolute atomic E-state index is 0.0391. The number of anilines is 2. The summed E-state index contributed by atoms with van der Waals surface area (Å²) in [6, 6.07) is 8.12. The van der Waals surface area contributed by atoms with Crippen molar-refractivity contribution in [3.8, 4) is 0 Å². The van der Waals surface area contributed by atoms with Crippen LogP contribution in [0, 0.1) is 0 Å². The van der Waals surface area contributed by atoms with E-state index in [1.54, 1.807) is 0 Å². The highest BCUT2D eigenvalue weighted by atomic mass is 16.3. The van der Waals surface area contributed by atoms with Crippen LogP contribution in [0.1, 0.15) is 32.6 Å². The summed E-state index contributed by atoms with van der Waals surface area (Å²) in [6.07, 6.45) is 5.17. The van der Waals surface area contributed by atoms with Crippen molar-refractivity contribution in [2.45, 2.75) is 32.6 Å². The molecule has 1 amide bonds. The highest BCUT2D eigenvalue weighted by Crippen LogP contribution is 2.21. The molecule has 128 valence electrons. The average molecular weight is 319 g/mol. The fourth-order valence-corrected chi connectivity index (χ4v) is 2.98. The maximum absolute atomic E-state index is 12.0. The lowest BCUT2D eigenvalue weighted by molar-refractivity contribution is -0.117. The van der Waals surface area contributed by atoms with E-state index in [1.165, 1.54) is 31.4 Å². The minimum Gasteiger partial charge on any atom is -0.395 e. The lowest BCUT2D eigenvalue weighted by atomic mass is 10.2. The molecule has 23 heavy (non-hydrogen) atoms. The van der Waals surface area contributed by atoms with Gasteiger partial charge in [0.05, 0.1) is 13.2 Å². The molecule has 2 N–H and O–H groups in total.